The van der Waals surface area contributed by atoms with Crippen LogP contribution in [-0.2, 0) is 10.1 Å². The molecule has 0 atom stereocenters. The molecule has 0 aliphatic carbocycles. The molecule has 148 valence electrons. The van der Waals surface area contributed by atoms with E-state index in [4.69, 9.17) is 14.7 Å². The molecule has 3 N–H and O–H groups in total. The molecular formula is C16H16N4O7S. The summed E-state index contributed by atoms with van der Waals surface area (Å²) in [6, 6.07) is 6.78. The molecule has 0 aliphatic heterocycles. The Labute approximate surface area is 160 Å². The van der Waals surface area contributed by atoms with Gasteiger partial charge in [-0.05, 0) is 36.8 Å². The molecule has 28 heavy (non-hydrogen) atoms. The summed E-state index contributed by atoms with van der Waals surface area (Å²) in [4.78, 5) is 20.6. The molecule has 2 amide bonds. The van der Waals surface area contributed by atoms with Crippen LogP contribution in [0, 0.1) is 17.0 Å². The van der Waals surface area contributed by atoms with Crippen LogP contribution in [0.25, 0.3) is 0 Å². The second kappa shape index (κ2) is 8.35. The first kappa shape index (κ1) is 20.6. The Morgan fingerprint density at radius 3 is 2.57 bits per heavy atom. The van der Waals surface area contributed by atoms with Gasteiger partial charge in [0, 0.05) is 11.6 Å². The molecule has 12 heteroatoms. The van der Waals surface area contributed by atoms with Gasteiger partial charge in [-0.15, -0.1) is 0 Å². The number of ether oxygens (including phenoxy) is 1. The number of hydrazone groups is 1. The van der Waals surface area contributed by atoms with Crippen LogP contribution < -0.4 is 20.1 Å². The Hall–Kier alpha value is -3.67. The van der Waals surface area contributed by atoms with Crippen LogP contribution in [0.2, 0.25) is 0 Å². The normalized spacial score (nSPS) is 11.2. The molecule has 0 bridgehead atoms. The van der Waals surface area contributed by atoms with Crippen LogP contribution in [0.3, 0.4) is 0 Å². The van der Waals surface area contributed by atoms with Crippen molar-refractivity contribution in [2.45, 2.75) is 11.8 Å². The number of nitrogens with two attached hydrogens (primary N) is 1. The maximum Gasteiger partial charge on any atom is 0.339 e. The topological polar surface area (TPSA) is 163 Å². The standard InChI is InChI=1S/C16H16N4O7S/c1-10-3-5-12(8-13(10)20(22)23)28(24,25)27-14-6-4-11(7-15(14)26-2)9-18-19-16(17)21/h3-9H,1-2H3,(H3,17,19,21). The number of methoxy groups -OCH3 is 1. The third-order valence-corrected chi connectivity index (χ3v) is 4.67. The zero-order chi connectivity index (χ0) is 20.9. The fraction of sp³-hybridized carbons (Fsp3) is 0.125. The summed E-state index contributed by atoms with van der Waals surface area (Å²) in [6.45, 7) is 1.49. The Morgan fingerprint density at radius 2 is 1.96 bits per heavy atom. The zero-order valence-electron chi connectivity index (χ0n) is 14.8. The highest BCUT2D eigenvalue weighted by molar-refractivity contribution is 7.87. The average Bonchev–Trinajstić information content (AvgIpc) is 2.62. The van der Waals surface area contributed by atoms with E-state index >= 15 is 0 Å². The number of nitro benzene ring substituents is 1. The number of nitrogens with zero attached hydrogens (tertiary/aromatic N) is 2. The number of carbonyl (C=O) groups is 1. The smallest absolute Gasteiger partial charge is 0.339 e. The van der Waals surface area contributed by atoms with Gasteiger partial charge in [0.05, 0.1) is 18.2 Å². The fourth-order valence-corrected chi connectivity index (χ4v) is 3.07. The molecule has 2 rings (SSSR count). The number of nitro groups is 1. The Bertz CT molecular complexity index is 1050. The molecule has 2 aromatic rings. The van der Waals surface area contributed by atoms with Gasteiger partial charge >= 0.3 is 16.1 Å². The quantitative estimate of drug-likeness (QED) is 0.304. The molecule has 2 aromatic carbocycles. The number of nitrogens with one attached hydrogen (secondary N) is 1. The van der Waals surface area contributed by atoms with Crippen molar-refractivity contribution in [1.82, 2.24) is 5.43 Å². The van der Waals surface area contributed by atoms with Gasteiger partial charge in [0.1, 0.15) is 4.90 Å². The predicted octanol–water partition coefficient (Wildman–Crippen LogP) is 1.68. The number of benzene rings is 2. The van der Waals surface area contributed by atoms with Crippen LogP contribution in [-0.4, -0.2) is 32.7 Å². The van der Waals surface area contributed by atoms with Gasteiger partial charge in [-0.2, -0.15) is 13.5 Å². The number of hydrogen-bond donors (Lipinski definition) is 2. The molecule has 0 spiro atoms. The molecule has 0 fully saturated rings. The molecule has 11 nitrogen and oxygen atoms in total. The minimum atomic E-state index is -4.35. The van der Waals surface area contributed by atoms with Gasteiger partial charge in [0.25, 0.3) is 5.69 Å². The molecule has 0 unspecified atom stereocenters. The third-order valence-electron chi connectivity index (χ3n) is 3.44. The van der Waals surface area contributed by atoms with Crippen molar-refractivity contribution in [2.24, 2.45) is 10.8 Å². The lowest BCUT2D eigenvalue weighted by atomic mass is 10.2. The van der Waals surface area contributed by atoms with Gasteiger partial charge in [0.2, 0.25) is 0 Å². The summed E-state index contributed by atoms with van der Waals surface area (Å²) in [5.74, 6) is -0.0704. The Kier molecular flexibility index (Phi) is 6.15. The van der Waals surface area contributed by atoms with E-state index in [0.29, 0.717) is 11.1 Å². The number of carbonyl (C=O) groups excluding carboxylic acids is 1. The average molecular weight is 408 g/mol. The maximum absolute atomic E-state index is 12.5. The third kappa shape index (κ3) is 4.94. The Morgan fingerprint density at radius 1 is 1.25 bits per heavy atom. The van der Waals surface area contributed by atoms with Crippen LogP contribution >= 0.6 is 0 Å². The lowest BCUT2D eigenvalue weighted by Crippen LogP contribution is -2.24. The highest BCUT2D eigenvalue weighted by Gasteiger charge is 2.23. The highest BCUT2D eigenvalue weighted by Crippen LogP contribution is 2.31. The Balaban J connectivity index is 2.33. The number of aryl methyl sites for hydroxylation is 1. The molecule has 0 heterocycles. The van der Waals surface area contributed by atoms with Gasteiger partial charge < -0.3 is 14.7 Å². The lowest BCUT2D eigenvalue weighted by Gasteiger charge is -2.11. The van der Waals surface area contributed by atoms with Crippen molar-refractivity contribution in [3.8, 4) is 11.5 Å². The number of hydrogen-bond acceptors (Lipinski definition) is 8. The highest BCUT2D eigenvalue weighted by atomic mass is 32.2. The maximum atomic E-state index is 12.5. The van der Waals surface area contributed by atoms with Crippen LogP contribution in [0.5, 0.6) is 11.5 Å². The summed E-state index contributed by atoms with van der Waals surface area (Å²) in [6.07, 6.45) is 1.26. The number of rotatable bonds is 7. The van der Waals surface area contributed by atoms with Crippen molar-refractivity contribution in [3.05, 3.63) is 57.6 Å². The van der Waals surface area contributed by atoms with Crippen molar-refractivity contribution < 1.29 is 27.1 Å². The van der Waals surface area contributed by atoms with E-state index in [9.17, 15) is 23.3 Å². The zero-order valence-corrected chi connectivity index (χ0v) is 15.6. The van der Waals surface area contributed by atoms with Crippen molar-refractivity contribution in [3.63, 3.8) is 0 Å². The first-order valence-corrected chi connectivity index (χ1v) is 9.01. The molecule has 0 aromatic heterocycles. The fourth-order valence-electron chi connectivity index (χ4n) is 2.11. The van der Waals surface area contributed by atoms with Crippen molar-refractivity contribution in [1.29, 1.82) is 0 Å². The minimum Gasteiger partial charge on any atom is -0.493 e. The molecular weight excluding hydrogens is 392 g/mol. The van der Waals surface area contributed by atoms with Gasteiger partial charge in [0.15, 0.2) is 11.5 Å². The second-order valence-electron chi connectivity index (χ2n) is 5.39. The summed E-state index contributed by atoms with van der Waals surface area (Å²) in [5, 5.41) is 14.6. The summed E-state index contributed by atoms with van der Waals surface area (Å²) < 4.78 is 35.2. The molecule has 0 aliphatic rings. The molecule has 0 radical (unpaired) electrons. The van der Waals surface area contributed by atoms with E-state index in [1.807, 2.05) is 5.43 Å². The summed E-state index contributed by atoms with van der Waals surface area (Å²) in [7, 11) is -3.05. The van der Waals surface area contributed by atoms with Gasteiger partial charge in [-0.3, -0.25) is 10.1 Å². The van der Waals surface area contributed by atoms with E-state index in [1.54, 1.807) is 0 Å². The van der Waals surface area contributed by atoms with Gasteiger partial charge in [-0.1, -0.05) is 6.07 Å². The predicted molar refractivity (Wildman–Crippen MR) is 99.0 cm³/mol. The second-order valence-corrected chi connectivity index (χ2v) is 6.93. The minimum absolute atomic E-state index is 0.0632. The largest absolute Gasteiger partial charge is 0.493 e. The number of primary amides is 1. The number of amides is 2. The lowest BCUT2D eigenvalue weighted by molar-refractivity contribution is -0.385. The van der Waals surface area contributed by atoms with Crippen LogP contribution in [0.15, 0.2) is 46.4 Å². The first-order valence-electron chi connectivity index (χ1n) is 7.60. The van der Waals surface area contributed by atoms with E-state index in [-0.39, 0.29) is 22.1 Å². The van der Waals surface area contributed by atoms with E-state index < -0.39 is 21.1 Å². The van der Waals surface area contributed by atoms with Crippen molar-refractivity contribution >= 4 is 28.1 Å². The van der Waals surface area contributed by atoms with E-state index in [1.165, 1.54) is 50.6 Å². The van der Waals surface area contributed by atoms with Crippen LogP contribution in [0.4, 0.5) is 10.5 Å². The molecule has 0 saturated heterocycles. The molecule has 0 saturated carbocycles. The van der Waals surface area contributed by atoms with E-state index in [2.05, 4.69) is 5.10 Å². The first-order chi connectivity index (χ1) is 13.1. The van der Waals surface area contributed by atoms with E-state index in [0.717, 1.165) is 6.07 Å². The monoisotopic (exact) mass is 408 g/mol. The van der Waals surface area contributed by atoms with Crippen molar-refractivity contribution in [2.75, 3.05) is 7.11 Å². The summed E-state index contributed by atoms with van der Waals surface area (Å²) >= 11 is 0. The number of urea groups is 1. The van der Waals surface area contributed by atoms with Crippen LogP contribution in [0.1, 0.15) is 11.1 Å². The SMILES string of the molecule is COc1cc(C=NNC(N)=O)ccc1OS(=O)(=O)c1ccc(C)c([N+](=O)[O-])c1. The summed E-state index contributed by atoms with van der Waals surface area (Å²) in [5.41, 5.74) is 7.32. The van der Waals surface area contributed by atoms with Gasteiger partial charge in [-0.25, -0.2) is 10.2 Å².